The van der Waals surface area contributed by atoms with Gasteiger partial charge in [0.2, 0.25) is 0 Å². The smallest absolute Gasteiger partial charge is 0.400 e. The summed E-state index contributed by atoms with van der Waals surface area (Å²) in [4.78, 5) is 10.9. The molecule has 18 heavy (non-hydrogen) atoms. The van der Waals surface area contributed by atoms with Gasteiger partial charge in [0.05, 0.1) is 6.61 Å². The number of esters is 1. The summed E-state index contributed by atoms with van der Waals surface area (Å²) in [6.45, 7) is 1.19. The summed E-state index contributed by atoms with van der Waals surface area (Å²) in [6, 6.07) is -1.96. The van der Waals surface area contributed by atoms with Crippen LogP contribution in [0.1, 0.15) is 13.3 Å². The molecule has 0 aliphatic carbocycles. The normalized spacial score (nSPS) is 14.1. The third kappa shape index (κ3) is 6.29. The van der Waals surface area contributed by atoms with E-state index in [4.69, 9.17) is 5.73 Å². The van der Waals surface area contributed by atoms with E-state index in [1.807, 2.05) is 0 Å². The zero-order valence-corrected chi connectivity index (χ0v) is 9.96. The number of halogens is 7. The lowest BCUT2D eigenvalue weighted by molar-refractivity contribution is -0.286. The van der Waals surface area contributed by atoms with Gasteiger partial charge in [0.25, 0.3) is 0 Å². The van der Waals surface area contributed by atoms with Gasteiger partial charge in [-0.25, -0.2) is 0 Å². The van der Waals surface area contributed by atoms with Crippen LogP contribution in [-0.4, -0.2) is 31.0 Å². The van der Waals surface area contributed by atoms with Crippen molar-refractivity contribution in [1.29, 1.82) is 0 Å². The molecule has 0 unspecified atom stereocenters. The second-order valence-corrected chi connectivity index (χ2v) is 3.23. The Hall–Kier alpha value is -0.700. The second kappa shape index (κ2) is 7.03. The van der Waals surface area contributed by atoms with E-state index >= 15 is 0 Å². The molecule has 2 N–H and O–H groups in total. The third-order valence-corrected chi connectivity index (χ3v) is 1.87. The minimum atomic E-state index is -5.50. The maximum absolute atomic E-state index is 12.1. The molecular formula is C8H12ClF6NO2. The summed E-state index contributed by atoms with van der Waals surface area (Å²) in [6.07, 6.45) is -12.6. The summed E-state index contributed by atoms with van der Waals surface area (Å²) >= 11 is 0. The number of nitrogens with two attached hydrogens (primary N) is 1. The molecule has 0 aromatic heterocycles. The average molecular weight is 304 g/mol. The zero-order valence-electron chi connectivity index (χ0n) is 9.14. The molecule has 0 aromatic rings. The molecule has 110 valence electrons. The molecule has 0 radical (unpaired) electrons. The molecule has 1 atom stereocenters. The Morgan fingerprint density at radius 2 is 1.56 bits per heavy atom. The number of ether oxygens (including phenoxy) is 1. The van der Waals surface area contributed by atoms with Gasteiger partial charge in [-0.05, 0) is 13.3 Å². The summed E-state index contributed by atoms with van der Waals surface area (Å²) in [5.41, 5.74) is 4.92. The fourth-order valence-electron chi connectivity index (χ4n) is 1.05. The van der Waals surface area contributed by atoms with Crippen LogP contribution < -0.4 is 5.73 Å². The van der Waals surface area contributed by atoms with Crippen molar-refractivity contribution in [3.63, 3.8) is 0 Å². The first-order valence-corrected chi connectivity index (χ1v) is 4.55. The Balaban J connectivity index is 0. The van der Waals surface area contributed by atoms with E-state index in [1.165, 1.54) is 6.92 Å². The van der Waals surface area contributed by atoms with Crippen LogP contribution >= 0.6 is 12.4 Å². The molecule has 0 aromatic carbocycles. The largest absolute Gasteiger partial charge is 0.465 e. The van der Waals surface area contributed by atoms with Gasteiger partial charge in [0.1, 0.15) is 6.04 Å². The molecule has 0 heterocycles. The first kappa shape index (κ1) is 19.6. The SMILES string of the molecule is CCOC(=O)[C@@H](N)CC(C(F)(F)F)C(F)(F)F.Cl. The van der Waals surface area contributed by atoms with E-state index < -0.39 is 36.7 Å². The highest BCUT2D eigenvalue weighted by Gasteiger charge is 2.57. The molecule has 0 bridgehead atoms. The molecule has 0 aliphatic heterocycles. The van der Waals surface area contributed by atoms with Gasteiger partial charge in [0.15, 0.2) is 5.92 Å². The van der Waals surface area contributed by atoms with Gasteiger partial charge < -0.3 is 10.5 Å². The van der Waals surface area contributed by atoms with Crippen molar-refractivity contribution >= 4 is 18.4 Å². The van der Waals surface area contributed by atoms with Crippen LogP contribution in [0.15, 0.2) is 0 Å². The number of carbonyl (C=O) groups excluding carboxylic acids is 1. The number of alkyl halides is 6. The molecular weight excluding hydrogens is 292 g/mol. The summed E-state index contributed by atoms with van der Waals surface area (Å²) < 4.78 is 76.8. The van der Waals surface area contributed by atoms with Crippen LogP contribution in [-0.2, 0) is 9.53 Å². The van der Waals surface area contributed by atoms with Crippen molar-refractivity contribution in [2.24, 2.45) is 11.7 Å². The van der Waals surface area contributed by atoms with Crippen molar-refractivity contribution in [3.8, 4) is 0 Å². The van der Waals surface area contributed by atoms with E-state index in [9.17, 15) is 31.1 Å². The van der Waals surface area contributed by atoms with E-state index in [-0.39, 0.29) is 19.0 Å². The third-order valence-electron chi connectivity index (χ3n) is 1.87. The lowest BCUT2D eigenvalue weighted by Crippen LogP contribution is -2.44. The summed E-state index contributed by atoms with van der Waals surface area (Å²) in [5.74, 6) is -4.92. The summed E-state index contributed by atoms with van der Waals surface area (Å²) in [7, 11) is 0. The van der Waals surface area contributed by atoms with E-state index in [1.54, 1.807) is 0 Å². The van der Waals surface area contributed by atoms with Gasteiger partial charge in [-0.15, -0.1) is 12.4 Å². The Morgan fingerprint density at radius 3 is 1.83 bits per heavy atom. The standard InChI is InChI=1S/C8H11F6NO2.ClH/c1-2-17-6(16)4(15)3-5(7(9,10)11)8(12,13)14;/h4-5H,2-3,15H2,1H3;1H/t4-;/m0./s1. The van der Waals surface area contributed by atoms with Crippen molar-refractivity contribution in [1.82, 2.24) is 0 Å². The highest BCUT2D eigenvalue weighted by Crippen LogP contribution is 2.41. The highest BCUT2D eigenvalue weighted by molar-refractivity contribution is 5.85. The minimum absolute atomic E-state index is 0. The first-order valence-electron chi connectivity index (χ1n) is 4.55. The van der Waals surface area contributed by atoms with Crippen LogP contribution in [0, 0.1) is 5.92 Å². The van der Waals surface area contributed by atoms with Gasteiger partial charge in [-0.3, -0.25) is 4.79 Å². The van der Waals surface area contributed by atoms with Crippen LogP contribution in [0.4, 0.5) is 26.3 Å². The quantitative estimate of drug-likeness (QED) is 0.641. The maximum Gasteiger partial charge on any atom is 0.400 e. The monoisotopic (exact) mass is 303 g/mol. The van der Waals surface area contributed by atoms with Crippen molar-refractivity contribution in [2.75, 3.05) is 6.61 Å². The Kier molecular flexibility index (Phi) is 7.67. The molecule has 0 rings (SSSR count). The molecule has 0 saturated carbocycles. The van der Waals surface area contributed by atoms with Crippen LogP contribution in [0.2, 0.25) is 0 Å². The number of hydrogen-bond acceptors (Lipinski definition) is 3. The molecule has 3 nitrogen and oxygen atoms in total. The van der Waals surface area contributed by atoms with Crippen molar-refractivity contribution in [3.05, 3.63) is 0 Å². The lowest BCUT2D eigenvalue weighted by Gasteiger charge is -2.24. The molecule has 0 spiro atoms. The van der Waals surface area contributed by atoms with Gasteiger partial charge >= 0.3 is 18.3 Å². The summed E-state index contributed by atoms with van der Waals surface area (Å²) in [5, 5.41) is 0. The van der Waals surface area contributed by atoms with Crippen molar-refractivity contribution < 1.29 is 35.9 Å². The average Bonchev–Trinajstić information content (AvgIpc) is 2.10. The maximum atomic E-state index is 12.1. The molecule has 0 saturated heterocycles. The van der Waals surface area contributed by atoms with E-state index in [0.717, 1.165) is 0 Å². The van der Waals surface area contributed by atoms with E-state index in [2.05, 4.69) is 4.74 Å². The Labute approximate surface area is 105 Å². The lowest BCUT2D eigenvalue weighted by atomic mass is 9.99. The predicted octanol–water partition coefficient (Wildman–Crippen LogP) is 2.43. The van der Waals surface area contributed by atoms with Crippen LogP contribution in [0.3, 0.4) is 0 Å². The number of carbonyl (C=O) groups is 1. The minimum Gasteiger partial charge on any atom is -0.465 e. The molecule has 10 heteroatoms. The van der Waals surface area contributed by atoms with Gasteiger partial charge in [0, 0.05) is 0 Å². The fourth-order valence-corrected chi connectivity index (χ4v) is 1.05. The van der Waals surface area contributed by atoms with E-state index in [0.29, 0.717) is 0 Å². The first-order chi connectivity index (χ1) is 7.50. The Morgan fingerprint density at radius 1 is 1.17 bits per heavy atom. The van der Waals surface area contributed by atoms with Crippen molar-refractivity contribution in [2.45, 2.75) is 31.7 Å². The Bertz CT molecular complexity index is 253. The van der Waals surface area contributed by atoms with Gasteiger partial charge in [-0.1, -0.05) is 0 Å². The predicted molar refractivity (Wildman–Crippen MR) is 52.1 cm³/mol. The zero-order chi connectivity index (χ0) is 13.9. The molecule has 0 aliphatic rings. The number of rotatable bonds is 4. The molecule has 0 amide bonds. The van der Waals surface area contributed by atoms with Gasteiger partial charge in [-0.2, -0.15) is 26.3 Å². The van der Waals surface area contributed by atoms with Crippen LogP contribution in [0.25, 0.3) is 0 Å². The number of hydrogen-bond donors (Lipinski definition) is 1. The second-order valence-electron chi connectivity index (χ2n) is 3.23. The highest BCUT2D eigenvalue weighted by atomic mass is 35.5. The van der Waals surface area contributed by atoms with Crippen LogP contribution in [0.5, 0.6) is 0 Å². The fraction of sp³-hybridized carbons (Fsp3) is 0.875. The molecule has 0 fully saturated rings. The topological polar surface area (TPSA) is 52.3 Å².